The molecule has 0 saturated carbocycles. The third-order valence-electron chi connectivity index (χ3n) is 1.83. The van der Waals surface area contributed by atoms with Gasteiger partial charge < -0.3 is 15.3 Å². The van der Waals surface area contributed by atoms with E-state index >= 15 is 0 Å². The van der Waals surface area contributed by atoms with Crippen molar-refractivity contribution in [1.29, 1.82) is 0 Å². The summed E-state index contributed by atoms with van der Waals surface area (Å²) in [5.41, 5.74) is 5.80. The molecule has 0 aliphatic rings. The van der Waals surface area contributed by atoms with Gasteiger partial charge in [-0.2, -0.15) is 0 Å². The summed E-state index contributed by atoms with van der Waals surface area (Å²) in [6.07, 6.45) is 4.25. The molecular formula is C9H15NO2. The molecule has 68 valence electrons. The van der Waals surface area contributed by atoms with Gasteiger partial charge in [0.05, 0.1) is 12.3 Å². The fourth-order valence-electron chi connectivity index (χ4n) is 1.12. The number of aliphatic hydroxyl groups is 1. The van der Waals surface area contributed by atoms with E-state index in [-0.39, 0.29) is 12.6 Å². The number of aliphatic hydroxyl groups excluding tert-OH is 1. The minimum absolute atomic E-state index is 0.0217. The Balaban J connectivity index is 2.25. The van der Waals surface area contributed by atoms with Gasteiger partial charge in [-0.3, -0.25) is 0 Å². The highest BCUT2D eigenvalue weighted by Gasteiger charge is 2.07. The van der Waals surface area contributed by atoms with E-state index in [0.29, 0.717) is 0 Å². The average molecular weight is 169 g/mol. The van der Waals surface area contributed by atoms with Crippen LogP contribution in [0.4, 0.5) is 0 Å². The molecule has 3 nitrogen and oxygen atoms in total. The molecule has 1 aromatic rings. The van der Waals surface area contributed by atoms with Gasteiger partial charge in [-0.15, -0.1) is 0 Å². The van der Waals surface area contributed by atoms with Crippen LogP contribution in [0.1, 0.15) is 31.1 Å². The Morgan fingerprint density at radius 3 is 2.92 bits per heavy atom. The maximum Gasteiger partial charge on any atom is 0.120 e. The highest BCUT2D eigenvalue weighted by Crippen LogP contribution is 2.16. The van der Waals surface area contributed by atoms with Gasteiger partial charge in [-0.25, -0.2) is 0 Å². The summed E-state index contributed by atoms with van der Waals surface area (Å²) < 4.78 is 5.14. The lowest BCUT2D eigenvalue weighted by Crippen LogP contribution is -2.09. The first-order chi connectivity index (χ1) is 5.84. The Bertz CT molecular complexity index is 196. The number of nitrogens with two attached hydrogens (primary N) is 1. The molecule has 3 N–H and O–H groups in total. The van der Waals surface area contributed by atoms with Crippen molar-refractivity contribution in [3.05, 3.63) is 24.2 Å². The van der Waals surface area contributed by atoms with Crippen LogP contribution >= 0.6 is 0 Å². The van der Waals surface area contributed by atoms with Crippen molar-refractivity contribution in [1.82, 2.24) is 0 Å². The molecule has 0 amide bonds. The molecule has 0 unspecified atom stereocenters. The number of rotatable bonds is 5. The Kier molecular flexibility index (Phi) is 3.84. The number of hydrogen-bond acceptors (Lipinski definition) is 3. The van der Waals surface area contributed by atoms with Crippen molar-refractivity contribution in [2.24, 2.45) is 5.73 Å². The van der Waals surface area contributed by atoms with Crippen LogP contribution in [-0.2, 0) is 0 Å². The minimum atomic E-state index is -0.0217. The molecule has 0 spiro atoms. The second kappa shape index (κ2) is 4.95. The monoisotopic (exact) mass is 169 g/mol. The summed E-state index contributed by atoms with van der Waals surface area (Å²) in [5, 5.41) is 8.55. The molecule has 0 aromatic carbocycles. The third kappa shape index (κ3) is 2.68. The van der Waals surface area contributed by atoms with E-state index in [4.69, 9.17) is 15.3 Å². The molecule has 1 aromatic heterocycles. The van der Waals surface area contributed by atoms with Crippen LogP contribution in [0.15, 0.2) is 22.8 Å². The van der Waals surface area contributed by atoms with Crippen LogP contribution in [0.2, 0.25) is 0 Å². The van der Waals surface area contributed by atoms with Gasteiger partial charge in [0.15, 0.2) is 0 Å². The molecule has 1 rings (SSSR count). The highest BCUT2D eigenvalue weighted by molar-refractivity contribution is 5.02. The Labute approximate surface area is 72.2 Å². The first-order valence-corrected chi connectivity index (χ1v) is 4.24. The van der Waals surface area contributed by atoms with E-state index in [1.165, 1.54) is 0 Å². The van der Waals surface area contributed by atoms with Crippen LogP contribution in [0.5, 0.6) is 0 Å². The van der Waals surface area contributed by atoms with Crippen LogP contribution in [0.3, 0.4) is 0 Å². The first-order valence-electron chi connectivity index (χ1n) is 4.24. The van der Waals surface area contributed by atoms with Crippen molar-refractivity contribution >= 4 is 0 Å². The van der Waals surface area contributed by atoms with Crippen LogP contribution in [0.25, 0.3) is 0 Å². The van der Waals surface area contributed by atoms with Crippen LogP contribution in [-0.4, -0.2) is 11.7 Å². The molecule has 1 atom stereocenters. The second-order valence-electron chi connectivity index (χ2n) is 2.84. The zero-order valence-electron chi connectivity index (χ0n) is 7.07. The maximum atomic E-state index is 8.55. The lowest BCUT2D eigenvalue weighted by atomic mass is 10.1. The third-order valence-corrected chi connectivity index (χ3v) is 1.83. The summed E-state index contributed by atoms with van der Waals surface area (Å²) in [6, 6.07) is 3.69. The SMILES string of the molecule is N[C@H](CCCCO)c1ccco1. The number of furan rings is 1. The molecule has 1 heterocycles. The molecule has 0 saturated heterocycles. The molecule has 12 heavy (non-hydrogen) atoms. The quantitative estimate of drug-likeness (QED) is 0.656. The number of unbranched alkanes of at least 4 members (excludes halogenated alkanes) is 1. The summed E-state index contributed by atoms with van der Waals surface area (Å²) in [4.78, 5) is 0. The van der Waals surface area contributed by atoms with E-state index in [1.807, 2.05) is 12.1 Å². The normalized spacial score (nSPS) is 13.2. The van der Waals surface area contributed by atoms with E-state index in [0.717, 1.165) is 25.0 Å². The lowest BCUT2D eigenvalue weighted by molar-refractivity contribution is 0.280. The van der Waals surface area contributed by atoms with E-state index < -0.39 is 0 Å². The highest BCUT2D eigenvalue weighted by atomic mass is 16.3. The largest absolute Gasteiger partial charge is 0.468 e. The Morgan fingerprint density at radius 1 is 1.50 bits per heavy atom. The molecule has 0 aliphatic carbocycles. The summed E-state index contributed by atoms with van der Waals surface area (Å²) in [7, 11) is 0. The van der Waals surface area contributed by atoms with Gasteiger partial charge >= 0.3 is 0 Å². The fraction of sp³-hybridized carbons (Fsp3) is 0.556. The summed E-state index contributed by atoms with van der Waals surface area (Å²) >= 11 is 0. The predicted octanol–water partition coefficient (Wildman–Crippen LogP) is 1.44. The first kappa shape index (κ1) is 9.29. The maximum absolute atomic E-state index is 8.55. The van der Waals surface area contributed by atoms with Gasteiger partial charge in [0, 0.05) is 6.61 Å². The topological polar surface area (TPSA) is 59.4 Å². The molecular weight excluding hydrogens is 154 g/mol. The van der Waals surface area contributed by atoms with Gasteiger partial charge in [0.25, 0.3) is 0 Å². The zero-order chi connectivity index (χ0) is 8.81. The van der Waals surface area contributed by atoms with Crippen molar-refractivity contribution < 1.29 is 9.52 Å². The Morgan fingerprint density at radius 2 is 2.33 bits per heavy atom. The van der Waals surface area contributed by atoms with Crippen LogP contribution < -0.4 is 5.73 Å². The average Bonchev–Trinajstić information content (AvgIpc) is 2.56. The molecule has 0 bridgehead atoms. The Hall–Kier alpha value is -0.800. The van der Waals surface area contributed by atoms with Gasteiger partial charge in [-0.1, -0.05) is 0 Å². The van der Waals surface area contributed by atoms with Gasteiger partial charge in [0.2, 0.25) is 0 Å². The number of hydrogen-bond donors (Lipinski definition) is 2. The molecule has 0 aliphatic heterocycles. The van der Waals surface area contributed by atoms with Gasteiger partial charge in [-0.05, 0) is 31.4 Å². The predicted molar refractivity (Wildman–Crippen MR) is 46.6 cm³/mol. The van der Waals surface area contributed by atoms with E-state index in [9.17, 15) is 0 Å². The van der Waals surface area contributed by atoms with Crippen molar-refractivity contribution in [2.45, 2.75) is 25.3 Å². The standard InChI is InChI=1S/C9H15NO2/c10-8(4-1-2-6-11)9-5-3-7-12-9/h3,5,7-8,11H,1-2,4,6,10H2/t8-/m1/s1. The van der Waals surface area contributed by atoms with Gasteiger partial charge in [0.1, 0.15) is 5.76 Å². The molecule has 0 radical (unpaired) electrons. The fourth-order valence-corrected chi connectivity index (χ4v) is 1.12. The smallest absolute Gasteiger partial charge is 0.120 e. The van der Waals surface area contributed by atoms with E-state index in [1.54, 1.807) is 6.26 Å². The lowest BCUT2D eigenvalue weighted by Gasteiger charge is -2.06. The molecule has 3 heteroatoms. The second-order valence-corrected chi connectivity index (χ2v) is 2.84. The van der Waals surface area contributed by atoms with Crippen molar-refractivity contribution in [2.75, 3.05) is 6.61 Å². The molecule has 0 fully saturated rings. The van der Waals surface area contributed by atoms with E-state index in [2.05, 4.69) is 0 Å². The van der Waals surface area contributed by atoms with Crippen molar-refractivity contribution in [3.8, 4) is 0 Å². The van der Waals surface area contributed by atoms with Crippen molar-refractivity contribution in [3.63, 3.8) is 0 Å². The summed E-state index contributed by atoms with van der Waals surface area (Å²) in [6.45, 7) is 0.241. The summed E-state index contributed by atoms with van der Waals surface area (Å²) in [5.74, 6) is 0.827. The van der Waals surface area contributed by atoms with Crippen LogP contribution in [0, 0.1) is 0 Å². The zero-order valence-corrected chi connectivity index (χ0v) is 7.07. The minimum Gasteiger partial charge on any atom is -0.468 e.